The summed E-state index contributed by atoms with van der Waals surface area (Å²) in [6, 6.07) is 13.6. The molecule has 2 aromatic carbocycles. The lowest BCUT2D eigenvalue weighted by Gasteiger charge is -2.09. The Kier molecular flexibility index (Phi) is 5.09. The van der Waals surface area contributed by atoms with Crippen LogP contribution in [0.5, 0.6) is 0 Å². The molecule has 0 unspecified atom stereocenters. The Balaban J connectivity index is 1.68. The first-order chi connectivity index (χ1) is 12.0. The molecule has 3 rings (SSSR count). The van der Waals surface area contributed by atoms with Crippen molar-refractivity contribution in [2.24, 2.45) is 0 Å². The first kappa shape index (κ1) is 17.1. The van der Waals surface area contributed by atoms with E-state index in [1.165, 1.54) is 18.0 Å². The molecule has 0 atom stereocenters. The first-order valence-electron chi connectivity index (χ1n) is 7.74. The number of benzene rings is 2. The summed E-state index contributed by atoms with van der Waals surface area (Å²) in [5, 5.41) is 5.94. The van der Waals surface area contributed by atoms with Crippen molar-refractivity contribution in [2.45, 2.75) is 13.8 Å². The van der Waals surface area contributed by atoms with Crippen LogP contribution in [-0.4, -0.2) is 15.9 Å². The van der Waals surface area contributed by atoms with Crippen LogP contribution in [0.4, 0.5) is 17.3 Å². The molecule has 0 spiro atoms. The van der Waals surface area contributed by atoms with Gasteiger partial charge in [-0.2, -0.15) is 0 Å². The lowest BCUT2D eigenvalue weighted by molar-refractivity contribution is 0.102. The molecule has 25 heavy (non-hydrogen) atoms. The summed E-state index contributed by atoms with van der Waals surface area (Å²) in [5.74, 6) is 0.184. The van der Waals surface area contributed by atoms with Gasteiger partial charge in [-0.25, -0.2) is 9.97 Å². The Morgan fingerprint density at radius 3 is 2.24 bits per heavy atom. The van der Waals surface area contributed by atoms with E-state index in [-0.39, 0.29) is 5.91 Å². The maximum Gasteiger partial charge on any atom is 0.258 e. The number of aryl methyl sites for hydroxylation is 2. The van der Waals surface area contributed by atoms with E-state index >= 15 is 0 Å². The van der Waals surface area contributed by atoms with Gasteiger partial charge in [0.25, 0.3) is 5.91 Å². The lowest BCUT2D eigenvalue weighted by Crippen LogP contribution is -2.13. The van der Waals surface area contributed by atoms with E-state index in [2.05, 4.69) is 36.5 Å². The van der Waals surface area contributed by atoms with E-state index in [1.807, 2.05) is 56.3 Å². The summed E-state index contributed by atoms with van der Waals surface area (Å²) in [7, 11) is 0. The fourth-order valence-corrected chi connectivity index (χ4v) is 2.78. The van der Waals surface area contributed by atoms with Crippen molar-refractivity contribution in [3.8, 4) is 0 Å². The number of nitrogens with zero attached hydrogens (tertiary/aromatic N) is 2. The Morgan fingerprint density at radius 2 is 1.60 bits per heavy atom. The molecule has 2 N–H and O–H groups in total. The second kappa shape index (κ2) is 7.44. The number of hydrogen-bond acceptors (Lipinski definition) is 4. The minimum atomic E-state index is -0.258. The number of amides is 1. The number of aromatic nitrogens is 2. The van der Waals surface area contributed by atoms with Crippen LogP contribution in [0.15, 0.2) is 59.3 Å². The highest BCUT2D eigenvalue weighted by Gasteiger charge is 2.10. The molecule has 6 heteroatoms. The van der Waals surface area contributed by atoms with E-state index in [0.29, 0.717) is 17.2 Å². The van der Waals surface area contributed by atoms with Gasteiger partial charge in [-0.05, 0) is 59.6 Å². The van der Waals surface area contributed by atoms with Gasteiger partial charge in [-0.1, -0.05) is 23.8 Å². The van der Waals surface area contributed by atoms with Crippen LogP contribution >= 0.6 is 15.9 Å². The Morgan fingerprint density at radius 1 is 0.960 bits per heavy atom. The van der Waals surface area contributed by atoms with E-state index < -0.39 is 0 Å². The molecule has 3 aromatic rings. The summed E-state index contributed by atoms with van der Waals surface area (Å²) in [6.45, 7) is 4.02. The quantitative estimate of drug-likeness (QED) is 0.661. The highest BCUT2D eigenvalue weighted by Crippen LogP contribution is 2.24. The molecule has 0 radical (unpaired) electrons. The second-order valence-corrected chi connectivity index (χ2v) is 6.58. The summed E-state index contributed by atoms with van der Waals surface area (Å²) < 4.78 is 0.833. The Labute approximate surface area is 154 Å². The van der Waals surface area contributed by atoms with Gasteiger partial charge in [-0.15, -0.1) is 0 Å². The molecule has 0 fully saturated rings. The molecular formula is C19H17BrN4O. The number of nitrogens with one attached hydrogen (secondary N) is 2. The highest BCUT2D eigenvalue weighted by atomic mass is 79.9. The molecule has 1 amide bonds. The topological polar surface area (TPSA) is 66.9 Å². The number of anilines is 3. The van der Waals surface area contributed by atoms with Gasteiger partial charge in [-0.3, -0.25) is 4.79 Å². The maximum atomic E-state index is 12.3. The van der Waals surface area contributed by atoms with Crippen molar-refractivity contribution in [1.82, 2.24) is 9.97 Å². The Hall–Kier alpha value is -2.73. The van der Waals surface area contributed by atoms with Crippen molar-refractivity contribution >= 4 is 39.2 Å². The van der Waals surface area contributed by atoms with Gasteiger partial charge in [0.2, 0.25) is 5.95 Å². The standard InChI is InChI=1S/C19H17BrN4O/c1-12-3-6-15(7-4-12)23-19-21-10-14(11-22-19)18(25)24-17-8-5-13(2)9-16(17)20/h3-11H,1-2H3,(H,24,25)(H,21,22,23). The van der Waals surface area contributed by atoms with Gasteiger partial charge < -0.3 is 10.6 Å². The Bertz CT molecular complexity index is 892. The summed E-state index contributed by atoms with van der Waals surface area (Å²) in [5.41, 5.74) is 4.28. The van der Waals surface area contributed by atoms with Gasteiger partial charge in [0.15, 0.2) is 0 Å². The van der Waals surface area contributed by atoms with Crippen LogP contribution < -0.4 is 10.6 Å². The van der Waals surface area contributed by atoms with Crippen LogP contribution in [0, 0.1) is 13.8 Å². The van der Waals surface area contributed by atoms with Crippen molar-refractivity contribution < 1.29 is 4.79 Å². The van der Waals surface area contributed by atoms with Crippen molar-refractivity contribution in [3.05, 3.63) is 76.0 Å². The molecule has 126 valence electrons. The monoisotopic (exact) mass is 396 g/mol. The van der Waals surface area contributed by atoms with E-state index in [9.17, 15) is 4.79 Å². The first-order valence-corrected chi connectivity index (χ1v) is 8.54. The largest absolute Gasteiger partial charge is 0.324 e. The van der Waals surface area contributed by atoms with E-state index in [0.717, 1.165) is 15.7 Å². The fourth-order valence-electron chi connectivity index (χ4n) is 2.19. The van der Waals surface area contributed by atoms with Crippen LogP contribution in [0.1, 0.15) is 21.5 Å². The summed E-state index contributed by atoms with van der Waals surface area (Å²) in [6.07, 6.45) is 3.00. The van der Waals surface area contributed by atoms with Gasteiger partial charge in [0.1, 0.15) is 0 Å². The molecule has 1 heterocycles. The van der Waals surface area contributed by atoms with Gasteiger partial charge in [0.05, 0.1) is 11.3 Å². The van der Waals surface area contributed by atoms with Crippen LogP contribution in [0.25, 0.3) is 0 Å². The third-order valence-corrected chi connectivity index (χ3v) is 4.25. The summed E-state index contributed by atoms with van der Waals surface area (Å²) in [4.78, 5) is 20.7. The van der Waals surface area contributed by atoms with Gasteiger partial charge in [0, 0.05) is 22.6 Å². The third-order valence-electron chi connectivity index (χ3n) is 3.59. The highest BCUT2D eigenvalue weighted by molar-refractivity contribution is 9.10. The third kappa shape index (κ3) is 4.42. The van der Waals surface area contributed by atoms with Crippen molar-refractivity contribution in [1.29, 1.82) is 0 Å². The normalized spacial score (nSPS) is 10.4. The predicted molar refractivity (Wildman–Crippen MR) is 103 cm³/mol. The molecular weight excluding hydrogens is 380 g/mol. The van der Waals surface area contributed by atoms with Crippen LogP contribution in [0.3, 0.4) is 0 Å². The SMILES string of the molecule is Cc1ccc(Nc2ncc(C(=O)Nc3ccc(C)cc3Br)cn2)cc1. The zero-order valence-electron chi connectivity index (χ0n) is 13.9. The number of carbonyl (C=O) groups is 1. The molecule has 0 saturated heterocycles. The minimum absolute atomic E-state index is 0.258. The number of hydrogen-bond donors (Lipinski definition) is 2. The fraction of sp³-hybridized carbons (Fsp3) is 0.105. The minimum Gasteiger partial charge on any atom is -0.324 e. The van der Waals surface area contributed by atoms with Crippen LogP contribution in [0.2, 0.25) is 0 Å². The average molecular weight is 397 g/mol. The zero-order chi connectivity index (χ0) is 17.8. The lowest BCUT2D eigenvalue weighted by atomic mass is 10.2. The number of carbonyl (C=O) groups excluding carboxylic acids is 1. The smallest absolute Gasteiger partial charge is 0.258 e. The molecule has 1 aromatic heterocycles. The van der Waals surface area contributed by atoms with Crippen LogP contribution in [-0.2, 0) is 0 Å². The zero-order valence-corrected chi connectivity index (χ0v) is 15.5. The maximum absolute atomic E-state index is 12.3. The molecule has 0 aliphatic rings. The molecule has 0 aliphatic carbocycles. The predicted octanol–water partition coefficient (Wildman–Crippen LogP) is 4.85. The van der Waals surface area contributed by atoms with E-state index in [4.69, 9.17) is 0 Å². The second-order valence-electron chi connectivity index (χ2n) is 5.72. The molecule has 0 saturated carbocycles. The van der Waals surface area contributed by atoms with E-state index in [1.54, 1.807) is 0 Å². The number of halogens is 1. The van der Waals surface area contributed by atoms with Crippen molar-refractivity contribution in [2.75, 3.05) is 10.6 Å². The summed E-state index contributed by atoms with van der Waals surface area (Å²) >= 11 is 3.45. The molecule has 5 nitrogen and oxygen atoms in total. The number of rotatable bonds is 4. The molecule has 0 bridgehead atoms. The average Bonchev–Trinajstić information content (AvgIpc) is 2.60. The molecule has 0 aliphatic heterocycles. The van der Waals surface area contributed by atoms with Gasteiger partial charge >= 0.3 is 0 Å². The van der Waals surface area contributed by atoms with Crippen molar-refractivity contribution in [3.63, 3.8) is 0 Å².